The molecule has 1 aromatic heterocycles. The second kappa shape index (κ2) is 4.51. The van der Waals surface area contributed by atoms with Crippen LogP contribution in [0.2, 0.25) is 0 Å². The molecule has 2 aliphatic rings. The molecule has 0 unspecified atom stereocenters. The van der Waals surface area contributed by atoms with Crippen LogP contribution in [0.25, 0.3) is 0 Å². The third kappa shape index (κ3) is 2.87. The van der Waals surface area contributed by atoms with Crippen LogP contribution in [0.1, 0.15) is 43.8 Å². The molecule has 0 bridgehead atoms. The molecule has 1 heterocycles. The molecule has 2 aliphatic carbocycles. The summed E-state index contributed by atoms with van der Waals surface area (Å²) < 4.78 is 5.73. The maximum absolute atomic E-state index is 5.73. The van der Waals surface area contributed by atoms with Gasteiger partial charge in [0, 0.05) is 19.0 Å². The van der Waals surface area contributed by atoms with Gasteiger partial charge in [0.05, 0.1) is 6.61 Å². The lowest BCUT2D eigenvalue weighted by Gasteiger charge is -2.08. The predicted molar refractivity (Wildman–Crippen MR) is 66.4 cm³/mol. The Labute approximate surface area is 102 Å². The predicted octanol–water partition coefficient (Wildman–Crippen LogP) is 2.57. The summed E-state index contributed by atoms with van der Waals surface area (Å²) >= 11 is 0. The van der Waals surface area contributed by atoms with Crippen LogP contribution in [0.4, 0.5) is 5.82 Å². The average Bonchev–Trinajstić information content (AvgIpc) is 3.20. The van der Waals surface area contributed by atoms with Crippen LogP contribution in [-0.4, -0.2) is 23.6 Å². The minimum atomic E-state index is 0.564. The van der Waals surface area contributed by atoms with Gasteiger partial charge in [-0.15, -0.1) is 0 Å². The van der Waals surface area contributed by atoms with Gasteiger partial charge in [-0.25, -0.2) is 4.98 Å². The number of aromatic nitrogens is 2. The van der Waals surface area contributed by atoms with E-state index < -0.39 is 0 Å². The highest BCUT2D eigenvalue weighted by molar-refractivity contribution is 5.38. The Balaban J connectivity index is 1.65. The third-order valence-electron chi connectivity index (χ3n) is 3.39. The molecule has 2 saturated carbocycles. The van der Waals surface area contributed by atoms with Crippen molar-refractivity contribution in [3.63, 3.8) is 0 Å². The Kier molecular flexibility index (Phi) is 2.87. The Morgan fingerprint density at radius 2 is 2.12 bits per heavy atom. The van der Waals surface area contributed by atoms with Crippen LogP contribution in [0.3, 0.4) is 0 Å². The molecule has 3 rings (SSSR count). The van der Waals surface area contributed by atoms with Crippen molar-refractivity contribution in [2.45, 2.75) is 38.0 Å². The molecule has 1 N–H and O–H groups in total. The van der Waals surface area contributed by atoms with Gasteiger partial charge in [-0.05, 0) is 25.2 Å². The van der Waals surface area contributed by atoms with Gasteiger partial charge in [-0.3, -0.25) is 0 Å². The van der Waals surface area contributed by atoms with Crippen LogP contribution in [0.15, 0.2) is 6.07 Å². The highest BCUT2D eigenvalue weighted by atomic mass is 16.5. The maximum atomic E-state index is 5.73. The van der Waals surface area contributed by atoms with Gasteiger partial charge < -0.3 is 10.1 Å². The van der Waals surface area contributed by atoms with Gasteiger partial charge in [0.2, 0.25) is 5.88 Å². The smallest absolute Gasteiger partial charge is 0.218 e. The fourth-order valence-electron chi connectivity index (χ4n) is 1.91. The Bertz CT molecular complexity index is 400. The van der Waals surface area contributed by atoms with Gasteiger partial charge in [0.1, 0.15) is 11.6 Å². The van der Waals surface area contributed by atoms with Crippen LogP contribution >= 0.6 is 0 Å². The number of nitrogens with zero attached hydrogens (tertiary/aromatic N) is 2. The zero-order chi connectivity index (χ0) is 11.7. The Morgan fingerprint density at radius 3 is 2.76 bits per heavy atom. The van der Waals surface area contributed by atoms with E-state index in [9.17, 15) is 0 Å². The lowest BCUT2D eigenvalue weighted by atomic mass is 10.3. The summed E-state index contributed by atoms with van der Waals surface area (Å²) in [7, 11) is 1.88. The summed E-state index contributed by atoms with van der Waals surface area (Å²) in [5, 5.41) is 3.07. The number of nitrogens with one attached hydrogen (secondary N) is 1. The van der Waals surface area contributed by atoms with E-state index in [2.05, 4.69) is 15.3 Å². The second-order valence-corrected chi connectivity index (χ2v) is 5.05. The normalized spacial score (nSPS) is 19.1. The summed E-state index contributed by atoms with van der Waals surface area (Å²) in [4.78, 5) is 8.95. The van der Waals surface area contributed by atoms with Gasteiger partial charge in [0.25, 0.3) is 0 Å². The molecule has 2 fully saturated rings. The van der Waals surface area contributed by atoms with E-state index in [1.54, 1.807) is 0 Å². The van der Waals surface area contributed by atoms with Crippen LogP contribution < -0.4 is 10.1 Å². The molecule has 4 nitrogen and oxygen atoms in total. The largest absolute Gasteiger partial charge is 0.478 e. The molecule has 92 valence electrons. The molecule has 1 aromatic rings. The lowest BCUT2D eigenvalue weighted by Crippen LogP contribution is -2.05. The van der Waals surface area contributed by atoms with Crippen molar-refractivity contribution in [3.8, 4) is 5.88 Å². The standard InChI is InChI=1S/C13H19N3O/c1-14-11-8-12(17-7-6-9-2-3-9)16-13(15-11)10-4-5-10/h8-10H,2-7H2,1H3,(H,14,15,16). The fourth-order valence-corrected chi connectivity index (χ4v) is 1.91. The number of rotatable bonds is 6. The van der Waals surface area contributed by atoms with Crippen molar-refractivity contribution in [2.24, 2.45) is 5.92 Å². The monoisotopic (exact) mass is 233 g/mol. The van der Waals surface area contributed by atoms with Crippen molar-refractivity contribution in [1.29, 1.82) is 0 Å². The molecule has 4 heteroatoms. The van der Waals surface area contributed by atoms with Crippen molar-refractivity contribution in [1.82, 2.24) is 9.97 Å². The summed E-state index contributed by atoms with van der Waals surface area (Å²) in [6.07, 6.45) is 6.35. The number of hydrogen-bond acceptors (Lipinski definition) is 4. The summed E-state index contributed by atoms with van der Waals surface area (Å²) in [6, 6.07) is 1.89. The number of hydrogen-bond donors (Lipinski definition) is 1. The second-order valence-electron chi connectivity index (χ2n) is 5.05. The Hall–Kier alpha value is -1.32. The molecule has 17 heavy (non-hydrogen) atoms. The van der Waals surface area contributed by atoms with Crippen LogP contribution in [0.5, 0.6) is 5.88 Å². The van der Waals surface area contributed by atoms with Gasteiger partial charge in [0.15, 0.2) is 0 Å². The highest BCUT2D eigenvalue weighted by Gasteiger charge is 2.27. The fraction of sp³-hybridized carbons (Fsp3) is 0.692. The molecule has 0 atom stereocenters. The lowest BCUT2D eigenvalue weighted by molar-refractivity contribution is 0.290. The SMILES string of the molecule is CNc1cc(OCCC2CC2)nc(C2CC2)n1. The minimum absolute atomic E-state index is 0.564. The van der Waals surface area contributed by atoms with Crippen LogP contribution in [-0.2, 0) is 0 Å². The quantitative estimate of drug-likeness (QED) is 0.820. The van der Waals surface area contributed by atoms with Gasteiger partial charge in [-0.1, -0.05) is 12.8 Å². The average molecular weight is 233 g/mol. The molecular weight excluding hydrogens is 214 g/mol. The summed E-state index contributed by atoms with van der Waals surface area (Å²) in [5.41, 5.74) is 0. The van der Waals surface area contributed by atoms with Crippen molar-refractivity contribution in [3.05, 3.63) is 11.9 Å². The molecule has 0 amide bonds. The van der Waals surface area contributed by atoms with Gasteiger partial charge in [-0.2, -0.15) is 4.98 Å². The minimum Gasteiger partial charge on any atom is -0.478 e. The number of ether oxygens (including phenoxy) is 1. The third-order valence-corrected chi connectivity index (χ3v) is 3.39. The van der Waals surface area contributed by atoms with Crippen molar-refractivity contribution in [2.75, 3.05) is 19.0 Å². The van der Waals surface area contributed by atoms with Gasteiger partial charge >= 0.3 is 0 Å². The molecule has 0 saturated heterocycles. The molecular formula is C13H19N3O. The summed E-state index contributed by atoms with van der Waals surface area (Å²) in [6.45, 7) is 0.787. The first-order valence-corrected chi connectivity index (χ1v) is 6.54. The first-order valence-electron chi connectivity index (χ1n) is 6.54. The first-order chi connectivity index (χ1) is 8.35. The maximum Gasteiger partial charge on any atom is 0.218 e. The highest BCUT2D eigenvalue weighted by Crippen LogP contribution is 2.39. The zero-order valence-electron chi connectivity index (χ0n) is 10.3. The van der Waals surface area contributed by atoms with E-state index in [0.717, 1.165) is 36.5 Å². The van der Waals surface area contributed by atoms with Crippen molar-refractivity contribution >= 4 is 5.82 Å². The summed E-state index contributed by atoms with van der Waals surface area (Å²) in [5.74, 6) is 4.01. The van der Waals surface area contributed by atoms with E-state index in [1.807, 2.05) is 13.1 Å². The van der Waals surface area contributed by atoms with Crippen molar-refractivity contribution < 1.29 is 4.74 Å². The topological polar surface area (TPSA) is 47.0 Å². The number of anilines is 1. The van der Waals surface area contributed by atoms with E-state index in [4.69, 9.17) is 4.74 Å². The molecule has 0 aliphatic heterocycles. The van der Waals surface area contributed by atoms with E-state index in [-0.39, 0.29) is 0 Å². The van der Waals surface area contributed by atoms with E-state index in [0.29, 0.717) is 5.92 Å². The zero-order valence-corrected chi connectivity index (χ0v) is 10.3. The van der Waals surface area contributed by atoms with E-state index in [1.165, 1.54) is 25.7 Å². The first kappa shape index (κ1) is 10.8. The van der Waals surface area contributed by atoms with E-state index >= 15 is 0 Å². The van der Waals surface area contributed by atoms with Crippen LogP contribution in [0, 0.1) is 5.92 Å². The Morgan fingerprint density at radius 1 is 1.29 bits per heavy atom. The molecule has 0 spiro atoms. The molecule has 0 aromatic carbocycles. The molecule has 0 radical (unpaired) electrons.